The number of anilines is 2. The van der Waals surface area contributed by atoms with Gasteiger partial charge in [0.25, 0.3) is 5.91 Å². The number of carbonyl (C=O) groups excluding carboxylic acids is 2. The van der Waals surface area contributed by atoms with E-state index in [1.54, 1.807) is 16.5 Å². The molecular weight excluding hydrogens is 457 g/mol. The van der Waals surface area contributed by atoms with E-state index in [0.717, 1.165) is 0 Å². The molecule has 0 radical (unpaired) electrons. The number of halogens is 2. The third kappa shape index (κ3) is 4.42. The van der Waals surface area contributed by atoms with Crippen LogP contribution in [-0.4, -0.2) is 38.9 Å². The Bertz CT molecular complexity index is 1190. The first kappa shape index (κ1) is 22.1. The Labute approximate surface area is 192 Å². The summed E-state index contributed by atoms with van der Waals surface area (Å²) in [5, 5.41) is 11.5. The maximum absolute atomic E-state index is 13.3. The Morgan fingerprint density at radius 1 is 1.31 bits per heavy atom. The van der Waals surface area contributed by atoms with Crippen molar-refractivity contribution in [3.63, 3.8) is 0 Å². The highest BCUT2D eigenvalue weighted by Gasteiger charge is 2.32. The molecule has 2 aromatic carbocycles. The van der Waals surface area contributed by atoms with Crippen LogP contribution in [0.1, 0.15) is 18.8 Å². The quantitative estimate of drug-likeness (QED) is 0.545. The number of benzene rings is 2. The number of fused-ring (bicyclic) bond motifs is 1. The summed E-state index contributed by atoms with van der Waals surface area (Å²) in [6, 6.07) is 10.9. The van der Waals surface area contributed by atoms with Gasteiger partial charge >= 0.3 is 0 Å². The molecule has 0 saturated carbocycles. The van der Waals surface area contributed by atoms with Crippen molar-refractivity contribution in [2.45, 2.75) is 18.1 Å². The lowest BCUT2D eigenvalue weighted by Gasteiger charge is -2.33. The lowest BCUT2D eigenvalue weighted by atomic mass is 10.1. The number of carbonyl (C=O) groups is 2. The van der Waals surface area contributed by atoms with Crippen LogP contribution in [0.4, 0.5) is 15.8 Å². The number of rotatable bonds is 6. The first-order chi connectivity index (χ1) is 15.3. The van der Waals surface area contributed by atoms with E-state index in [9.17, 15) is 14.0 Å². The fraction of sp³-hybridized carbons (Fsp3) is 0.238. The summed E-state index contributed by atoms with van der Waals surface area (Å²) in [5.41, 5.74) is 1.07. The average Bonchev–Trinajstić information content (AvgIpc) is 3.14. The van der Waals surface area contributed by atoms with Crippen LogP contribution < -0.4 is 15.0 Å². The Kier molecular flexibility index (Phi) is 6.33. The largest absolute Gasteiger partial charge is 0.482 e. The fourth-order valence-electron chi connectivity index (χ4n) is 3.38. The van der Waals surface area contributed by atoms with Crippen molar-refractivity contribution in [3.8, 4) is 5.75 Å². The smallest absolute Gasteiger partial charge is 0.265 e. The van der Waals surface area contributed by atoms with Crippen LogP contribution in [0, 0.1) is 5.82 Å². The number of ether oxygens (including phenoxy) is 1. The molecule has 11 heteroatoms. The zero-order valence-electron chi connectivity index (χ0n) is 17.2. The third-order valence-electron chi connectivity index (χ3n) is 4.91. The van der Waals surface area contributed by atoms with Gasteiger partial charge in [-0.3, -0.25) is 14.5 Å². The van der Waals surface area contributed by atoms with Crippen LogP contribution >= 0.6 is 23.4 Å². The van der Waals surface area contributed by atoms with Crippen LogP contribution in [-0.2, 0) is 16.6 Å². The molecule has 8 nitrogen and oxygen atoms in total. The van der Waals surface area contributed by atoms with Gasteiger partial charge in [0.1, 0.15) is 11.6 Å². The molecule has 2 heterocycles. The molecule has 1 aromatic heterocycles. The first-order valence-corrected chi connectivity index (χ1v) is 11.0. The molecule has 32 heavy (non-hydrogen) atoms. The van der Waals surface area contributed by atoms with Gasteiger partial charge in [-0.25, -0.2) is 4.39 Å². The number of nitrogens with zero attached hydrogens (tertiary/aromatic N) is 4. The van der Waals surface area contributed by atoms with Gasteiger partial charge < -0.3 is 14.6 Å². The van der Waals surface area contributed by atoms with E-state index in [2.05, 4.69) is 15.5 Å². The van der Waals surface area contributed by atoms with E-state index in [0.29, 0.717) is 28.1 Å². The molecule has 1 atom stereocenters. The molecule has 1 N–H and O–H groups in total. The normalized spacial score (nSPS) is 14.0. The second-order valence-corrected chi connectivity index (χ2v) is 8.41. The molecule has 0 spiro atoms. The molecule has 1 aliphatic rings. The van der Waals surface area contributed by atoms with E-state index in [1.165, 1.54) is 30.0 Å². The van der Waals surface area contributed by atoms with Crippen molar-refractivity contribution in [3.05, 3.63) is 59.1 Å². The molecule has 0 fully saturated rings. The maximum Gasteiger partial charge on any atom is 0.265 e. The van der Waals surface area contributed by atoms with Gasteiger partial charge in [0.15, 0.2) is 17.6 Å². The maximum atomic E-state index is 13.3. The zero-order chi connectivity index (χ0) is 22.8. The number of aromatic nitrogens is 3. The third-order valence-corrected chi connectivity index (χ3v) is 6.22. The highest BCUT2D eigenvalue weighted by Crippen LogP contribution is 2.37. The fourth-order valence-corrected chi connectivity index (χ4v) is 4.28. The monoisotopic (exact) mass is 475 g/mol. The van der Waals surface area contributed by atoms with Crippen molar-refractivity contribution < 1.29 is 18.7 Å². The van der Waals surface area contributed by atoms with E-state index < -0.39 is 11.9 Å². The molecule has 3 aromatic rings. The van der Waals surface area contributed by atoms with Crippen molar-refractivity contribution in [1.82, 2.24) is 14.8 Å². The summed E-state index contributed by atoms with van der Waals surface area (Å²) in [5.74, 6) is 0.241. The Morgan fingerprint density at radius 3 is 2.88 bits per heavy atom. The summed E-state index contributed by atoms with van der Waals surface area (Å²) in [6.07, 6.45) is 0. The molecule has 0 saturated heterocycles. The van der Waals surface area contributed by atoms with E-state index in [-0.39, 0.29) is 29.2 Å². The van der Waals surface area contributed by atoms with Gasteiger partial charge in [-0.2, -0.15) is 0 Å². The van der Waals surface area contributed by atoms with Crippen LogP contribution in [0.15, 0.2) is 47.6 Å². The lowest BCUT2D eigenvalue weighted by molar-refractivity contribution is -0.121. The number of nitrogens with one attached hydrogen (secondary N) is 1. The number of amides is 2. The highest BCUT2D eigenvalue weighted by atomic mass is 35.5. The van der Waals surface area contributed by atoms with Crippen molar-refractivity contribution in [2.24, 2.45) is 7.05 Å². The van der Waals surface area contributed by atoms with Crippen LogP contribution in [0.5, 0.6) is 5.75 Å². The number of para-hydroxylation sites is 2. The summed E-state index contributed by atoms with van der Waals surface area (Å²) in [7, 11) is 1.78. The Balaban J connectivity index is 1.45. The van der Waals surface area contributed by atoms with Crippen molar-refractivity contribution >= 4 is 46.6 Å². The molecular formula is C21H19ClFN5O3S. The molecule has 0 bridgehead atoms. The minimum atomic E-state index is -0.554. The van der Waals surface area contributed by atoms with Gasteiger partial charge in [-0.15, -0.1) is 10.2 Å². The predicted octanol–water partition coefficient (Wildman–Crippen LogP) is 3.83. The van der Waals surface area contributed by atoms with Gasteiger partial charge in [0.2, 0.25) is 5.91 Å². The number of hydrogen-bond acceptors (Lipinski definition) is 6. The molecule has 0 aliphatic carbocycles. The lowest BCUT2D eigenvalue weighted by Crippen LogP contribution is -2.41. The van der Waals surface area contributed by atoms with E-state index >= 15 is 0 Å². The molecule has 166 valence electrons. The van der Waals surface area contributed by atoms with Crippen LogP contribution in [0.3, 0.4) is 0 Å². The molecule has 4 rings (SSSR count). The summed E-state index contributed by atoms with van der Waals surface area (Å²) >= 11 is 6.94. The Hall–Kier alpha value is -3.11. The van der Waals surface area contributed by atoms with Crippen molar-refractivity contribution in [2.75, 3.05) is 22.6 Å². The number of thioether (sulfide) groups is 1. The molecule has 0 unspecified atom stereocenters. The zero-order valence-corrected chi connectivity index (χ0v) is 18.8. The second kappa shape index (κ2) is 9.17. The SMILES string of the molecule is C[C@H](c1nnc(SCC(=O)Nc2ccc(F)c(Cl)c2)n1C)N1C(=O)COc2ccccc21. The summed E-state index contributed by atoms with van der Waals surface area (Å²) in [4.78, 5) is 26.5. The predicted molar refractivity (Wildman–Crippen MR) is 120 cm³/mol. The highest BCUT2D eigenvalue weighted by molar-refractivity contribution is 7.99. The minimum absolute atomic E-state index is 0.0472. The molecule has 2 amide bonds. The Morgan fingerprint density at radius 2 is 2.09 bits per heavy atom. The minimum Gasteiger partial charge on any atom is -0.482 e. The van der Waals surface area contributed by atoms with Crippen LogP contribution in [0.25, 0.3) is 0 Å². The molecule has 1 aliphatic heterocycles. The first-order valence-electron chi connectivity index (χ1n) is 9.66. The number of hydrogen-bond donors (Lipinski definition) is 1. The topological polar surface area (TPSA) is 89.4 Å². The van der Waals surface area contributed by atoms with Crippen LogP contribution in [0.2, 0.25) is 5.02 Å². The summed E-state index contributed by atoms with van der Waals surface area (Å²) < 4.78 is 20.5. The van der Waals surface area contributed by atoms with Crippen molar-refractivity contribution in [1.29, 1.82) is 0 Å². The van der Waals surface area contributed by atoms with Gasteiger partial charge in [0, 0.05) is 12.7 Å². The van der Waals surface area contributed by atoms with E-state index in [1.807, 2.05) is 31.2 Å². The van der Waals surface area contributed by atoms with E-state index in [4.69, 9.17) is 16.3 Å². The second-order valence-electron chi connectivity index (χ2n) is 7.06. The van der Waals surface area contributed by atoms with Gasteiger partial charge in [-0.1, -0.05) is 35.5 Å². The van der Waals surface area contributed by atoms with Gasteiger partial charge in [-0.05, 0) is 37.3 Å². The van der Waals surface area contributed by atoms with Gasteiger partial charge in [0.05, 0.1) is 22.5 Å². The summed E-state index contributed by atoms with van der Waals surface area (Å²) in [6.45, 7) is 1.82. The average molecular weight is 476 g/mol. The standard InChI is InChI=1S/C21H19ClFN5O3S/c1-12(28-16-5-3-4-6-17(16)31-10-19(28)30)20-25-26-21(27(20)2)32-11-18(29)24-13-7-8-15(23)14(22)9-13/h3-9,12H,10-11H2,1-2H3,(H,24,29)/t12-/m1/s1.